The molecule has 3 heteroatoms. The summed E-state index contributed by atoms with van der Waals surface area (Å²) in [5.41, 5.74) is 9.66. The predicted molar refractivity (Wildman–Crippen MR) is 187 cm³/mol. The van der Waals surface area contributed by atoms with Crippen LogP contribution < -0.4 is 0 Å². The van der Waals surface area contributed by atoms with Crippen LogP contribution in [0, 0.1) is 0 Å². The zero-order valence-corrected chi connectivity index (χ0v) is 24.4. The lowest BCUT2D eigenvalue weighted by Gasteiger charge is -2.18. The Morgan fingerprint density at radius 2 is 1.02 bits per heavy atom. The lowest BCUT2D eigenvalue weighted by molar-refractivity contribution is 1.19. The Hall–Kier alpha value is -6.06. The molecular formula is C42H27N3. The monoisotopic (exact) mass is 573 g/mol. The van der Waals surface area contributed by atoms with Gasteiger partial charge in [0, 0.05) is 23.3 Å². The summed E-state index contributed by atoms with van der Waals surface area (Å²) in [4.78, 5) is 10.00. The summed E-state index contributed by atoms with van der Waals surface area (Å²) in [7, 11) is 0. The van der Waals surface area contributed by atoms with Crippen LogP contribution in [0.3, 0.4) is 0 Å². The first kappa shape index (κ1) is 25.4. The third-order valence-electron chi connectivity index (χ3n) is 8.82. The van der Waals surface area contributed by atoms with Crippen molar-refractivity contribution in [2.24, 2.45) is 0 Å². The first-order chi connectivity index (χ1) is 22.3. The van der Waals surface area contributed by atoms with E-state index in [0.29, 0.717) is 0 Å². The van der Waals surface area contributed by atoms with E-state index >= 15 is 0 Å². The van der Waals surface area contributed by atoms with Crippen molar-refractivity contribution in [2.75, 3.05) is 0 Å². The van der Waals surface area contributed by atoms with Gasteiger partial charge in [-0.05, 0) is 73.5 Å². The first-order valence-electron chi connectivity index (χ1n) is 15.3. The van der Waals surface area contributed by atoms with Crippen molar-refractivity contribution >= 4 is 38.0 Å². The van der Waals surface area contributed by atoms with E-state index in [0.717, 1.165) is 39.1 Å². The smallest absolute Gasteiger partial charge is 0.138 e. The fraction of sp³-hybridized carbons (Fsp3) is 0. The highest BCUT2D eigenvalue weighted by molar-refractivity contribution is 6.21. The number of nitrogens with zero attached hydrogens (tertiary/aromatic N) is 3. The molecule has 0 fully saturated rings. The molecule has 0 spiro atoms. The molecular weight excluding hydrogens is 546 g/mol. The summed E-state index contributed by atoms with van der Waals surface area (Å²) in [5.74, 6) is 0. The van der Waals surface area contributed by atoms with Crippen molar-refractivity contribution < 1.29 is 0 Å². The van der Waals surface area contributed by atoms with Gasteiger partial charge < -0.3 is 0 Å². The summed E-state index contributed by atoms with van der Waals surface area (Å²) in [6, 6.07) is 53.9. The SMILES string of the molecule is c1ccc(-c2c3ccccc3c(-c3cccc(-c4c(-c5cc6ccccc6cn5)nc5ccccn45)c3)c3ccccc23)cc1. The normalized spacial score (nSPS) is 11.6. The lowest BCUT2D eigenvalue weighted by atomic mass is 9.85. The van der Waals surface area contributed by atoms with E-state index in [1.54, 1.807) is 0 Å². The van der Waals surface area contributed by atoms with Crippen LogP contribution in [0.15, 0.2) is 164 Å². The minimum absolute atomic E-state index is 0.862. The number of pyridine rings is 2. The number of benzene rings is 6. The molecule has 9 rings (SSSR count). The van der Waals surface area contributed by atoms with Crippen LogP contribution in [0.1, 0.15) is 0 Å². The molecule has 210 valence electrons. The van der Waals surface area contributed by atoms with Crippen molar-refractivity contribution in [1.29, 1.82) is 0 Å². The number of fused-ring (bicyclic) bond motifs is 4. The van der Waals surface area contributed by atoms with Crippen molar-refractivity contribution in [1.82, 2.24) is 14.4 Å². The molecule has 0 N–H and O–H groups in total. The van der Waals surface area contributed by atoms with E-state index in [2.05, 4.69) is 150 Å². The van der Waals surface area contributed by atoms with Crippen LogP contribution in [0.2, 0.25) is 0 Å². The number of aromatic nitrogens is 3. The quantitative estimate of drug-likeness (QED) is 0.196. The van der Waals surface area contributed by atoms with Gasteiger partial charge in [-0.25, -0.2) is 4.98 Å². The number of hydrogen-bond acceptors (Lipinski definition) is 2. The maximum atomic E-state index is 5.11. The van der Waals surface area contributed by atoms with Gasteiger partial charge >= 0.3 is 0 Å². The summed E-state index contributed by atoms with van der Waals surface area (Å²) < 4.78 is 2.18. The van der Waals surface area contributed by atoms with Gasteiger partial charge in [-0.15, -0.1) is 0 Å². The fourth-order valence-electron chi connectivity index (χ4n) is 6.84. The molecule has 0 radical (unpaired) electrons. The number of imidazole rings is 1. The Kier molecular flexibility index (Phi) is 5.82. The molecule has 0 amide bonds. The van der Waals surface area contributed by atoms with Crippen LogP contribution in [-0.2, 0) is 0 Å². The molecule has 0 unspecified atom stereocenters. The second-order valence-corrected chi connectivity index (χ2v) is 11.4. The topological polar surface area (TPSA) is 30.2 Å². The van der Waals surface area contributed by atoms with Crippen LogP contribution in [0.5, 0.6) is 0 Å². The minimum Gasteiger partial charge on any atom is -0.299 e. The van der Waals surface area contributed by atoms with Crippen molar-refractivity contribution in [3.63, 3.8) is 0 Å². The van der Waals surface area contributed by atoms with Crippen molar-refractivity contribution in [2.45, 2.75) is 0 Å². The van der Waals surface area contributed by atoms with Gasteiger partial charge in [0.25, 0.3) is 0 Å². The molecule has 0 aliphatic carbocycles. The maximum absolute atomic E-state index is 5.11. The molecule has 3 nitrogen and oxygen atoms in total. The second-order valence-electron chi connectivity index (χ2n) is 11.4. The van der Waals surface area contributed by atoms with Gasteiger partial charge in [-0.3, -0.25) is 9.38 Å². The zero-order valence-electron chi connectivity index (χ0n) is 24.4. The molecule has 0 saturated heterocycles. The van der Waals surface area contributed by atoms with Crippen molar-refractivity contribution in [3.05, 3.63) is 164 Å². The molecule has 3 aromatic heterocycles. The standard InChI is InChI=1S/C42H27N3/c1-2-13-28(14-3-1)39-33-19-6-8-21-35(33)40(36-22-9-7-20-34(36)39)30-17-12-18-31(25-30)42-41(44-38-23-10-11-24-45(38)42)37-26-29-15-4-5-16-32(29)27-43-37/h1-27H. The van der Waals surface area contributed by atoms with E-state index in [-0.39, 0.29) is 0 Å². The van der Waals surface area contributed by atoms with Gasteiger partial charge in [0.1, 0.15) is 11.3 Å². The largest absolute Gasteiger partial charge is 0.299 e. The van der Waals surface area contributed by atoms with Crippen LogP contribution in [0.25, 0.3) is 82.9 Å². The molecule has 6 aromatic carbocycles. The first-order valence-corrected chi connectivity index (χ1v) is 15.3. The zero-order chi connectivity index (χ0) is 29.7. The third kappa shape index (κ3) is 4.13. The molecule has 0 aliphatic rings. The molecule has 45 heavy (non-hydrogen) atoms. The Balaban J connectivity index is 1.31. The van der Waals surface area contributed by atoms with E-state index in [4.69, 9.17) is 9.97 Å². The highest BCUT2D eigenvalue weighted by Crippen LogP contribution is 2.44. The second kappa shape index (κ2) is 10.3. The summed E-state index contributed by atoms with van der Waals surface area (Å²) >= 11 is 0. The average molecular weight is 574 g/mol. The van der Waals surface area contributed by atoms with E-state index in [1.165, 1.54) is 43.8 Å². The van der Waals surface area contributed by atoms with Gasteiger partial charge in [-0.1, -0.05) is 127 Å². The van der Waals surface area contributed by atoms with Gasteiger partial charge in [0.15, 0.2) is 0 Å². The molecule has 0 bridgehead atoms. The average Bonchev–Trinajstić information content (AvgIpc) is 3.50. The predicted octanol–water partition coefficient (Wildman–Crippen LogP) is 10.9. The van der Waals surface area contributed by atoms with Crippen molar-refractivity contribution in [3.8, 4) is 44.9 Å². The van der Waals surface area contributed by atoms with E-state index < -0.39 is 0 Å². The highest BCUT2D eigenvalue weighted by atomic mass is 15.0. The summed E-state index contributed by atoms with van der Waals surface area (Å²) in [6.07, 6.45) is 4.04. The number of rotatable bonds is 4. The lowest BCUT2D eigenvalue weighted by Crippen LogP contribution is -1.93. The highest BCUT2D eigenvalue weighted by Gasteiger charge is 2.20. The molecule has 0 saturated carbocycles. The molecule has 3 heterocycles. The Bertz CT molecular complexity index is 2490. The summed E-state index contributed by atoms with van der Waals surface area (Å²) in [5, 5.41) is 7.24. The Morgan fingerprint density at radius 3 is 1.76 bits per heavy atom. The third-order valence-corrected chi connectivity index (χ3v) is 8.82. The van der Waals surface area contributed by atoms with E-state index in [9.17, 15) is 0 Å². The van der Waals surface area contributed by atoms with Crippen LogP contribution in [-0.4, -0.2) is 14.4 Å². The molecule has 9 aromatic rings. The fourth-order valence-corrected chi connectivity index (χ4v) is 6.84. The van der Waals surface area contributed by atoms with Crippen LogP contribution in [0.4, 0.5) is 0 Å². The van der Waals surface area contributed by atoms with Gasteiger partial charge in [-0.2, -0.15) is 0 Å². The van der Waals surface area contributed by atoms with Gasteiger partial charge in [0.2, 0.25) is 0 Å². The maximum Gasteiger partial charge on any atom is 0.138 e. The minimum atomic E-state index is 0.862. The molecule has 0 atom stereocenters. The Labute approximate surface area is 260 Å². The van der Waals surface area contributed by atoms with Crippen LogP contribution >= 0.6 is 0 Å². The summed E-state index contributed by atoms with van der Waals surface area (Å²) in [6.45, 7) is 0. The van der Waals surface area contributed by atoms with Gasteiger partial charge in [0.05, 0.1) is 11.4 Å². The molecule has 0 aliphatic heterocycles. The Morgan fingerprint density at radius 1 is 0.444 bits per heavy atom. The number of hydrogen-bond donors (Lipinski definition) is 0. The van der Waals surface area contributed by atoms with E-state index in [1.807, 2.05) is 18.3 Å².